The summed E-state index contributed by atoms with van der Waals surface area (Å²) in [6.07, 6.45) is 7.64. The van der Waals surface area contributed by atoms with Crippen LogP contribution in [-0.2, 0) is 22.6 Å². The molecule has 1 aromatic carbocycles. The van der Waals surface area contributed by atoms with Crippen LogP contribution in [-0.4, -0.2) is 57.8 Å². The fourth-order valence-corrected chi connectivity index (χ4v) is 5.09. The molecule has 1 atom stereocenters. The van der Waals surface area contributed by atoms with Crippen LogP contribution in [0.25, 0.3) is 0 Å². The molecule has 1 aliphatic heterocycles. The Bertz CT molecular complexity index is 1110. The third-order valence-electron chi connectivity index (χ3n) is 7.19. The molecular weight excluding hydrogens is 460 g/mol. The summed E-state index contributed by atoms with van der Waals surface area (Å²) in [4.78, 5) is 41.5. The quantitative estimate of drug-likeness (QED) is 0.586. The molecule has 1 aromatic heterocycles. The van der Waals surface area contributed by atoms with Gasteiger partial charge in [-0.05, 0) is 44.4 Å². The van der Waals surface area contributed by atoms with E-state index in [2.05, 4.69) is 10.4 Å². The van der Waals surface area contributed by atoms with Crippen LogP contribution in [0, 0.1) is 0 Å². The number of esters is 1. The van der Waals surface area contributed by atoms with Gasteiger partial charge in [0.05, 0.1) is 20.3 Å². The van der Waals surface area contributed by atoms with Crippen LogP contribution in [0.15, 0.2) is 30.3 Å². The van der Waals surface area contributed by atoms with Crippen molar-refractivity contribution in [3.63, 3.8) is 0 Å². The van der Waals surface area contributed by atoms with Gasteiger partial charge in [0.1, 0.15) is 17.0 Å². The Balaban J connectivity index is 1.67. The SMILES string of the molecule is CCOC(=O)c1cc2n(n1)CC(C)(C(=O)NC1CCCCCCC1)N(Cc1cccc(OC)c1)C2=O. The van der Waals surface area contributed by atoms with Crippen molar-refractivity contribution in [2.75, 3.05) is 13.7 Å². The Labute approximate surface area is 212 Å². The molecule has 0 radical (unpaired) electrons. The van der Waals surface area contributed by atoms with Crippen molar-refractivity contribution in [1.82, 2.24) is 20.0 Å². The second-order valence-corrected chi connectivity index (χ2v) is 9.83. The number of ether oxygens (including phenoxy) is 2. The van der Waals surface area contributed by atoms with Gasteiger partial charge in [-0.3, -0.25) is 14.3 Å². The lowest BCUT2D eigenvalue weighted by molar-refractivity contribution is -0.134. The molecule has 2 aromatic rings. The number of rotatable bonds is 7. The van der Waals surface area contributed by atoms with Crippen LogP contribution in [0.3, 0.4) is 0 Å². The normalized spacial score (nSPS) is 20.8. The molecule has 0 bridgehead atoms. The second kappa shape index (κ2) is 11.1. The highest BCUT2D eigenvalue weighted by Crippen LogP contribution is 2.31. The fraction of sp³-hybridized carbons (Fsp3) is 0.556. The van der Waals surface area contributed by atoms with Crippen LogP contribution >= 0.6 is 0 Å². The molecule has 2 heterocycles. The van der Waals surface area contributed by atoms with Gasteiger partial charge in [0.2, 0.25) is 5.91 Å². The van der Waals surface area contributed by atoms with Gasteiger partial charge in [-0.25, -0.2) is 4.79 Å². The van der Waals surface area contributed by atoms with Gasteiger partial charge in [-0.15, -0.1) is 0 Å². The minimum absolute atomic E-state index is 0.0613. The maximum Gasteiger partial charge on any atom is 0.358 e. The molecule has 9 nitrogen and oxygen atoms in total. The van der Waals surface area contributed by atoms with E-state index >= 15 is 0 Å². The minimum atomic E-state index is -1.20. The largest absolute Gasteiger partial charge is 0.497 e. The van der Waals surface area contributed by atoms with E-state index in [4.69, 9.17) is 9.47 Å². The van der Waals surface area contributed by atoms with E-state index < -0.39 is 11.5 Å². The van der Waals surface area contributed by atoms with Crippen molar-refractivity contribution < 1.29 is 23.9 Å². The zero-order valence-electron chi connectivity index (χ0n) is 21.4. The summed E-state index contributed by atoms with van der Waals surface area (Å²) in [6, 6.07) is 8.98. The Morgan fingerprint density at radius 1 is 1.14 bits per heavy atom. The zero-order valence-corrected chi connectivity index (χ0v) is 21.4. The number of aromatic nitrogens is 2. The number of hydrogen-bond donors (Lipinski definition) is 1. The average Bonchev–Trinajstić information content (AvgIpc) is 3.27. The van der Waals surface area contributed by atoms with Crippen LogP contribution in [0.4, 0.5) is 0 Å². The Hall–Kier alpha value is -3.36. The standard InChI is InChI=1S/C27H36N4O5/c1-4-36-25(33)22-16-23-24(32)30(17-19-11-10-14-21(15-19)35-3)27(2,18-31(23)29-22)26(34)28-20-12-8-6-5-7-9-13-20/h10-11,14-16,20H,4-9,12-13,17-18H2,1-3H3,(H,28,34). The molecule has 1 N–H and O–H groups in total. The first-order chi connectivity index (χ1) is 17.4. The van der Waals surface area contributed by atoms with E-state index in [-0.39, 0.29) is 48.9 Å². The van der Waals surface area contributed by atoms with Gasteiger partial charge in [0, 0.05) is 18.7 Å². The number of hydrogen-bond acceptors (Lipinski definition) is 6. The molecule has 1 saturated carbocycles. The lowest BCUT2D eigenvalue weighted by Crippen LogP contribution is -2.64. The molecule has 4 rings (SSSR count). The van der Waals surface area contributed by atoms with Gasteiger partial charge in [-0.2, -0.15) is 5.10 Å². The molecule has 9 heteroatoms. The summed E-state index contributed by atoms with van der Waals surface area (Å²) >= 11 is 0. The molecule has 0 saturated heterocycles. The summed E-state index contributed by atoms with van der Waals surface area (Å²) in [7, 11) is 1.59. The summed E-state index contributed by atoms with van der Waals surface area (Å²) in [5.41, 5.74) is -0.0392. The fourth-order valence-electron chi connectivity index (χ4n) is 5.09. The van der Waals surface area contributed by atoms with E-state index in [0.29, 0.717) is 5.75 Å². The molecule has 194 valence electrons. The summed E-state index contributed by atoms with van der Waals surface area (Å²) in [5, 5.41) is 7.58. The van der Waals surface area contributed by atoms with Crippen molar-refractivity contribution in [3.8, 4) is 5.75 Å². The summed E-state index contributed by atoms with van der Waals surface area (Å²) in [5.74, 6) is -0.481. The lowest BCUT2D eigenvalue weighted by Gasteiger charge is -2.44. The van der Waals surface area contributed by atoms with Gasteiger partial charge in [0.15, 0.2) is 5.69 Å². The molecule has 0 spiro atoms. The van der Waals surface area contributed by atoms with Gasteiger partial charge in [0.25, 0.3) is 5.91 Å². The first kappa shape index (κ1) is 25.7. The smallest absolute Gasteiger partial charge is 0.358 e. The number of amides is 2. The van der Waals surface area contributed by atoms with Crippen molar-refractivity contribution >= 4 is 17.8 Å². The first-order valence-corrected chi connectivity index (χ1v) is 12.9. The molecule has 36 heavy (non-hydrogen) atoms. The van der Waals surface area contributed by atoms with Crippen LogP contribution < -0.4 is 10.1 Å². The molecule has 2 amide bonds. The number of carbonyl (C=O) groups is 3. The number of nitrogens with one attached hydrogen (secondary N) is 1. The van der Waals surface area contributed by atoms with E-state index in [9.17, 15) is 14.4 Å². The van der Waals surface area contributed by atoms with Crippen molar-refractivity contribution in [3.05, 3.63) is 47.3 Å². The highest BCUT2D eigenvalue weighted by atomic mass is 16.5. The van der Waals surface area contributed by atoms with Gasteiger partial charge in [-0.1, -0.05) is 44.2 Å². The predicted molar refractivity (Wildman–Crippen MR) is 134 cm³/mol. The highest BCUT2D eigenvalue weighted by molar-refractivity contribution is 6.01. The molecule has 1 unspecified atom stereocenters. The van der Waals surface area contributed by atoms with E-state index in [1.807, 2.05) is 24.3 Å². The summed E-state index contributed by atoms with van der Waals surface area (Å²) < 4.78 is 11.9. The Morgan fingerprint density at radius 3 is 2.56 bits per heavy atom. The third-order valence-corrected chi connectivity index (χ3v) is 7.19. The van der Waals surface area contributed by atoms with Gasteiger partial charge >= 0.3 is 5.97 Å². The lowest BCUT2D eigenvalue weighted by atomic mass is 9.91. The number of benzene rings is 1. The maximum absolute atomic E-state index is 13.8. The molecule has 2 aliphatic rings. The Kier molecular flexibility index (Phi) is 7.96. The predicted octanol–water partition coefficient (Wildman–Crippen LogP) is 3.71. The molecular formula is C27H36N4O5. The minimum Gasteiger partial charge on any atom is -0.497 e. The van der Waals surface area contributed by atoms with Crippen molar-refractivity contribution in [1.29, 1.82) is 0 Å². The monoisotopic (exact) mass is 496 g/mol. The maximum atomic E-state index is 13.8. The first-order valence-electron chi connectivity index (χ1n) is 12.9. The van der Waals surface area contributed by atoms with Crippen molar-refractivity contribution in [2.24, 2.45) is 0 Å². The average molecular weight is 497 g/mol. The topological polar surface area (TPSA) is 103 Å². The van der Waals surface area contributed by atoms with Crippen LogP contribution in [0.2, 0.25) is 0 Å². The summed E-state index contributed by atoms with van der Waals surface area (Å²) in [6.45, 7) is 4.04. The van der Waals surface area contributed by atoms with Crippen LogP contribution in [0.5, 0.6) is 5.75 Å². The second-order valence-electron chi connectivity index (χ2n) is 9.83. The van der Waals surface area contributed by atoms with E-state index in [1.165, 1.54) is 30.0 Å². The number of nitrogens with zero attached hydrogens (tertiary/aromatic N) is 3. The van der Waals surface area contributed by atoms with Crippen LogP contribution in [0.1, 0.15) is 85.3 Å². The van der Waals surface area contributed by atoms with E-state index in [1.54, 1.807) is 25.9 Å². The zero-order chi connectivity index (χ0) is 25.7. The Morgan fingerprint density at radius 2 is 1.86 bits per heavy atom. The number of carbonyl (C=O) groups excluding carboxylic acids is 3. The molecule has 1 fully saturated rings. The van der Waals surface area contributed by atoms with Gasteiger partial charge < -0.3 is 19.7 Å². The number of methoxy groups -OCH3 is 1. The third kappa shape index (κ3) is 5.39. The molecule has 1 aliphatic carbocycles. The van der Waals surface area contributed by atoms with Crippen molar-refractivity contribution in [2.45, 2.75) is 83.5 Å². The number of fused-ring (bicyclic) bond motifs is 1. The van der Waals surface area contributed by atoms with E-state index in [0.717, 1.165) is 31.2 Å². The highest BCUT2D eigenvalue weighted by Gasteiger charge is 2.48.